The zero-order chi connectivity index (χ0) is 14.6. The molecule has 0 aromatic heterocycles. The fourth-order valence-corrected chi connectivity index (χ4v) is 1.69. The maximum absolute atomic E-state index is 12.2. The molecule has 6 nitrogen and oxygen atoms in total. The number of carbonyl (C=O) groups is 2. The molecule has 0 unspecified atom stereocenters. The number of phenolic OH excluding ortho intramolecular Hbond substituents is 2. The van der Waals surface area contributed by atoms with Gasteiger partial charge in [0.2, 0.25) is 5.91 Å². The zero-order valence-corrected chi connectivity index (χ0v) is 11.0. The van der Waals surface area contributed by atoms with Crippen molar-refractivity contribution in [3.05, 3.63) is 23.8 Å². The molecule has 0 aliphatic heterocycles. The average molecular weight is 266 g/mol. The molecule has 0 fully saturated rings. The SMILES string of the molecule is CC(C)CN(CC(N)=O)C(=O)c1ccc(O)c(O)c1. The van der Waals surface area contributed by atoms with Gasteiger partial charge < -0.3 is 20.8 Å². The van der Waals surface area contributed by atoms with Gasteiger partial charge in [0.1, 0.15) is 0 Å². The second-order valence-electron chi connectivity index (χ2n) is 4.75. The fraction of sp³-hybridized carbons (Fsp3) is 0.385. The molecule has 0 saturated heterocycles. The smallest absolute Gasteiger partial charge is 0.254 e. The van der Waals surface area contributed by atoms with Gasteiger partial charge in [-0.2, -0.15) is 0 Å². The van der Waals surface area contributed by atoms with Gasteiger partial charge in [-0.25, -0.2) is 0 Å². The third-order valence-corrected chi connectivity index (χ3v) is 2.44. The van der Waals surface area contributed by atoms with E-state index in [9.17, 15) is 19.8 Å². The molecule has 0 radical (unpaired) electrons. The van der Waals surface area contributed by atoms with Crippen molar-refractivity contribution < 1.29 is 19.8 Å². The van der Waals surface area contributed by atoms with E-state index in [1.807, 2.05) is 13.8 Å². The second-order valence-corrected chi connectivity index (χ2v) is 4.75. The highest BCUT2D eigenvalue weighted by Crippen LogP contribution is 2.25. The van der Waals surface area contributed by atoms with Crippen LogP contribution in [0.25, 0.3) is 0 Å². The first-order chi connectivity index (χ1) is 8.81. The van der Waals surface area contributed by atoms with Crippen molar-refractivity contribution in [3.63, 3.8) is 0 Å². The number of aromatic hydroxyl groups is 2. The summed E-state index contributed by atoms with van der Waals surface area (Å²) in [6, 6.07) is 3.76. The lowest BCUT2D eigenvalue weighted by Gasteiger charge is -2.23. The molecule has 19 heavy (non-hydrogen) atoms. The third kappa shape index (κ3) is 4.17. The van der Waals surface area contributed by atoms with E-state index in [-0.39, 0.29) is 29.5 Å². The third-order valence-electron chi connectivity index (χ3n) is 2.44. The number of rotatable bonds is 5. The minimum atomic E-state index is -0.600. The summed E-state index contributed by atoms with van der Waals surface area (Å²) in [6.45, 7) is 4.02. The Labute approximate surface area is 111 Å². The molecule has 0 aliphatic carbocycles. The van der Waals surface area contributed by atoms with Crippen LogP contribution in [0, 0.1) is 5.92 Å². The quantitative estimate of drug-likeness (QED) is 0.682. The van der Waals surface area contributed by atoms with Crippen LogP contribution in [0.5, 0.6) is 11.5 Å². The van der Waals surface area contributed by atoms with E-state index >= 15 is 0 Å². The Bertz CT molecular complexity index is 486. The monoisotopic (exact) mass is 266 g/mol. The lowest BCUT2D eigenvalue weighted by molar-refractivity contribution is -0.118. The molecule has 2 amide bonds. The summed E-state index contributed by atoms with van der Waals surface area (Å²) in [5, 5.41) is 18.6. The molecular formula is C13H18N2O4. The van der Waals surface area contributed by atoms with E-state index in [2.05, 4.69) is 0 Å². The summed E-state index contributed by atoms with van der Waals surface area (Å²) in [5.41, 5.74) is 5.31. The largest absolute Gasteiger partial charge is 0.504 e. The zero-order valence-electron chi connectivity index (χ0n) is 11.0. The van der Waals surface area contributed by atoms with Gasteiger partial charge >= 0.3 is 0 Å². The molecular weight excluding hydrogens is 248 g/mol. The molecule has 1 aromatic carbocycles. The van der Waals surface area contributed by atoms with Crippen molar-refractivity contribution in [2.24, 2.45) is 11.7 Å². The van der Waals surface area contributed by atoms with Crippen LogP contribution in [0.2, 0.25) is 0 Å². The number of nitrogens with zero attached hydrogens (tertiary/aromatic N) is 1. The van der Waals surface area contributed by atoms with Crippen molar-refractivity contribution in [2.75, 3.05) is 13.1 Å². The Morgan fingerprint density at radius 3 is 2.37 bits per heavy atom. The summed E-state index contributed by atoms with van der Waals surface area (Å²) in [6.07, 6.45) is 0. The van der Waals surface area contributed by atoms with Crippen molar-refractivity contribution in [3.8, 4) is 11.5 Å². The summed E-state index contributed by atoms with van der Waals surface area (Å²) < 4.78 is 0. The molecule has 1 rings (SSSR count). The van der Waals surface area contributed by atoms with Crippen LogP contribution >= 0.6 is 0 Å². The van der Waals surface area contributed by atoms with E-state index in [1.165, 1.54) is 17.0 Å². The van der Waals surface area contributed by atoms with Crippen LogP contribution in [0.3, 0.4) is 0 Å². The van der Waals surface area contributed by atoms with Crippen LogP contribution in [0.4, 0.5) is 0 Å². The van der Waals surface area contributed by atoms with Gasteiger partial charge in [-0.1, -0.05) is 13.8 Å². The Balaban J connectivity index is 2.97. The topological polar surface area (TPSA) is 104 Å². The highest BCUT2D eigenvalue weighted by atomic mass is 16.3. The number of nitrogens with two attached hydrogens (primary N) is 1. The Morgan fingerprint density at radius 1 is 1.26 bits per heavy atom. The van der Waals surface area contributed by atoms with Crippen molar-refractivity contribution in [1.82, 2.24) is 4.90 Å². The van der Waals surface area contributed by atoms with E-state index < -0.39 is 11.8 Å². The maximum Gasteiger partial charge on any atom is 0.254 e. The molecule has 0 saturated carbocycles. The molecule has 0 aliphatic rings. The summed E-state index contributed by atoms with van der Waals surface area (Å²) >= 11 is 0. The number of primary amides is 1. The van der Waals surface area contributed by atoms with Crippen molar-refractivity contribution in [2.45, 2.75) is 13.8 Å². The number of phenols is 2. The summed E-state index contributed by atoms with van der Waals surface area (Å²) in [5.74, 6) is -1.52. The maximum atomic E-state index is 12.2. The highest BCUT2D eigenvalue weighted by molar-refractivity contribution is 5.96. The van der Waals surface area contributed by atoms with Crippen LogP contribution in [-0.2, 0) is 4.79 Å². The molecule has 104 valence electrons. The number of hydrogen-bond donors (Lipinski definition) is 3. The predicted molar refractivity (Wildman–Crippen MR) is 69.7 cm³/mol. The molecule has 1 aromatic rings. The number of amides is 2. The highest BCUT2D eigenvalue weighted by Gasteiger charge is 2.19. The molecule has 4 N–H and O–H groups in total. The van der Waals surface area contributed by atoms with E-state index in [0.29, 0.717) is 6.54 Å². The van der Waals surface area contributed by atoms with Crippen LogP contribution in [0.15, 0.2) is 18.2 Å². The number of hydrogen-bond acceptors (Lipinski definition) is 4. The molecule has 0 heterocycles. The molecule has 0 spiro atoms. The fourth-order valence-electron chi connectivity index (χ4n) is 1.69. The van der Waals surface area contributed by atoms with Gasteiger partial charge in [-0.15, -0.1) is 0 Å². The Hall–Kier alpha value is -2.24. The lowest BCUT2D eigenvalue weighted by atomic mass is 10.1. The van der Waals surface area contributed by atoms with Crippen molar-refractivity contribution >= 4 is 11.8 Å². The predicted octanol–water partition coefficient (Wildman–Crippen LogP) is 0.681. The number of carbonyl (C=O) groups excluding carboxylic acids is 2. The Morgan fingerprint density at radius 2 is 1.89 bits per heavy atom. The first kappa shape index (κ1) is 14.8. The molecule has 6 heteroatoms. The first-order valence-corrected chi connectivity index (χ1v) is 5.90. The van der Waals surface area contributed by atoms with E-state index in [4.69, 9.17) is 5.73 Å². The van der Waals surface area contributed by atoms with E-state index in [1.54, 1.807) is 0 Å². The molecule has 0 atom stereocenters. The summed E-state index contributed by atoms with van der Waals surface area (Å²) in [4.78, 5) is 24.5. The molecule has 0 bridgehead atoms. The first-order valence-electron chi connectivity index (χ1n) is 5.90. The van der Waals surface area contributed by atoms with Crippen molar-refractivity contribution in [1.29, 1.82) is 0 Å². The van der Waals surface area contributed by atoms with Crippen LogP contribution < -0.4 is 5.73 Å². The minimum Gasteiger partial charge on any atom is -0.504 e. The van der Waals surface area contributed by atoms with Gasteiger partial charge in [0.05, 0.1) is 6.54 Å². The Kier molecular flexibility index (Phi) is 4.74. The second kappa shape index (κ2) is 6.08. The van der Waals surface area contributed by atoms with Gasteiger partial charge in [0.25, 0.3) is 5.91 Å². The van der Waals surface area contributed by atoms with Gasteiger partial charge in [0, 0.05) is 12.1 Å². The number of benzene rings is 1. The minimum absolute atomic E-state index is 0.175. The van der Waals surface area contributed by atoms with E-state index in [0.717, 1.165) is 6.07 Å². The van der Waals surface area contributed by atoms with Crippen LogP contribution in [-0.4, -0.2) is 40.0 Å². The summed E-state index contributed by atoms with van der Waals surface area (Å²) in [7, 11) is 0. The van der Waals surface area contributed by atoms with Gasteiger partial charge in [-0.05, 0) is 24.1 Å². The standard InChI is InChI=1S/C13H18N2O4/c1-8(2)6-15(7-12(14)18)13(19)9-3-4-10(16)11(17)5-9/h3-5,8,16-17H,6-7H2,1-2H3,(H2,14,18). The normalized spacial score (nSPS) is 10.5. The van der Waals surface area contributed by atoms with Gasteiger partial charge in [0.15, 0.2) is 11.5 Å². The van der Waals surface area contributed by atoms with Gasteiger partial charge in [-0.3, -0.25) is 9.59 Å². The lowest BCUT2D eigenvalue weighted by Crippen LogP contribution is -2.40. The average Bonchev–Trinajstić information content (AvgIpc) is 2.29. The van der Waals surface area contributed by atoms with Crippen LogP contribution in [0.1, 0.15) is 24.2 Å².